The number of para-hydroxylation sites is 1. The maximum atomic E-state index is 13.3. The third kappa shape index (κ3) is 8.51. The van der Waals surface area contributed by atoms with E-state index in [1.165, 1.54) is 12.5 Å². The maximum Gasteiger partial charge on any atom is 0.326 e. The molecule has 0 aliphatic rings. The molecule has 2 aromatic carbocycles. The van der Waals surface area contributed by atoms with E-state index in [2.05, 4.69) is 30.9 Å². The molecular weight excluding hydrogens is 570 g/mol. The number of carbonyl (C=O) groups is 5. The van der Waals surface area contributed by atoms with Crippen LogP contribution >= 0.6 is 0 Å². The number of hydrogen-bond acceptors (Lipinski definition) is 7. The van der Waals surface area contributed by atoms with Crippen molar-refractivity contribution in [2.45, 2.75) is 49.9 Å². The highest BCUT2D eigenvalue weighted by Crippen LogP contribution is 2.19. The van der Waals surface area contributed by atoms with Crippen molar-refractivity contribution < 1.29 is 34.2 Å². The van der Waals surface area contributed by atoms with Crippen molar-refractivity contribution in [3.8, 4) is 0 Å². The van der Waals surface area contributed by atoms with Crippen LogP contribution in [0.1, 0.15) is 23.2 Å². The molecule has 0 radical (unpaired) electrons. The standard InChI is InChI=1S/C30H33N7O7/c31-21(11-18-14-33-22-9-5-4-8-20(18)22)27(40)35-24(13-26(38)39)29(42)36-23(12-19-15-32-16-34-19)28(41)37-25(30(43)44)10-17-6-2-1-3-7-17/h1-9,14-16,21,23-25,33H,10-13,31H2,(H,32,34)(H,35,40)(H,36,42)(H,37,41)(H,38,39)(H,43,44). The Balaban J connectivity index is 1.47. The molecule has 0 bridgehead atoms. The fraction of sp³-hybridized carbons (Fsp3) is 0.267. The van der Waals surface area contributed by atoms with E-state index in [-0.39, 0.29) is 19.3 Å². The summed E-state index contributed by atoms with van der Waals surface area (Å²) < 4.78 is 0. The molecule has 3 amide bonds. The van der Waals surface area contributed by atoms with E-state index >= 15 is 0 Å². The molecule has 4 rings (SSSR count). The summed E-state index contributed by atoms with van der Waals surface area (Å²) in [5.41, 5.74) is 8.86. The van der Waals surface area contributed by atoms with Gasteiger partial charge in [-0.1, -0.05) is 48.5 Å². The van der Waals surface area contributed by atoms with Crippen molar-refractivity contribution in [3.63, 3.8) is 0 Å². The topological polar surface area (TPSA) is 232 Å². The summed E-state index contributed by atoms with van der Waals surface area (Å²) in [5.74, 6) is -5.21. The molecule has 9 N–H and O–H groups in total. The number of aromatic nitrogens is 3. The average Bonchev–Trinajstić information content (AvgIpc) is 3.66. The zero-order chi connectivity index (χ0) is 31.6. The first-order chi connectivity index (χ1) is 21.1. The third-order valence-electron chi connectivity index (χ3n) is 6.97. The predicted molar refractivity (Wildman–Crippen MR) is 158 cm³/mol. The summed E-state index contributed by atoms with van der Waals surface area (Å²) in [4.78, 5) is 73.0. The van der Waals surface area contributed by atoms with Gasteiger partial charge in [0.05, 0.1) is 18.8 Å². The van der Waals surface area contributed by atoms with Crippen molar-refractivity contribution in [3.05, 3.63) is 90.1 Å². The van der Waals surface area contributed by atoms with Crippen LogP contribution in [0.2, 0.25) is 0 Å². The Kier molecular flexibility index (Phi) is 10.4. The lowest BCUT2D eigenvalue weighted by atomic mass is 10.0. The highest BCUT2D eigenvalue weighted by atomic mass is 16.4. The van der Waals surface area contributed by atoms with Crippen molar-refractivity contribution in [1.82, 2.24) is 30.9 Å². The first-order valence-electron chi connectivity index (χ1n) is 13.8. The Bertz CT molecular complexity index is 1600. The minimum Gasteiger partial charge on any atom is -0.481 e. The van der Waals surface area contributed by atoms with Gasteiger partial charge in [0.25, 0.3) is 0 Å². The second-order valence-corrected chi connectivity index (χ2v) is 10.3. The summed E-state index contributed by atoms with van der Waals surface area (Å²) in [7, 11) is 0. The number of nitrogens with two attached hydrogens (primary N) is 1. The molecule has 0 aliphatic heterocycles. The maximum absolute atomic E-state index is 13.3. The molecule has 0 spiro atoms. The molecule has 14 heteroatoms. The van der Waals surface area contributed by atoms with E-state index in [0.717, 1.165) is 16.5 Å². The monoisotopic (exact) mass is 603 g/mol. The molecule has 0 saturated heterocycles. The lowest BCUT2D eigenvalue weighted by molar-refractivity contribution is -0.143. The summed E-state index contributed by atoms with van der Waals surface area (Å²) in [5, 5.41) is 27.4. The number of benzene rings is 2. The first-order valence-corrected chi connectivity index (χ1v) is 13.8. The molecule has 0 aliphatic carbocycles. The van der Waals surface area contributed by atoms with Crippen LogP contribution in [0.4, 0.5) is 0 Å². The highest BCUT2D eigenvalue weighted by Gasteiger charge is 2.32. The number of carboxylic acids is 2. The van der Waals surface area contributed by atoms with Crippen LogP contribution in [0.5, 0.6) is 0 Å². The van der Waals surface area contributed by atoms with E-state index in [1.807, 2.05) is 24.3 Å². The highest BCUT2D eigenvalue weighted by molar-refractivity contribution is 5.96. The number of aromatic amines is 2. The van der Waals surface area contributed by atoms with Gasteiger partial charge in [0.15, 0.2) is 0 Å². The molecule has 0 fully saturated rings. The molecule has 4 aromatic rings. The molecule has 2 aromatic heterocycles. The van der Waals surface area contributed by atoms with Gasteiger partial charge in [0, 0.05) is 41.8 Å². The van der Waals surface area contributed by atoms with E-state index < -0.39 is 60.2 Å². The number of H-pyrrole nitrogens is 2. The molecule has 44 heavy (non-hydrogen) atoms. The zero-order valence-electron chi connectivity index (χ0n) is 23.5. The van der Waals surface area contributed by atoms with Crippen LogP contribution in [0, 0.1) is 0 Å². The molecule has 4 atom stereocenters. The van der Waals surface area contributed by atoms with Gasteiger partial charge in [0.1, 0.15) is 18.1 Å². The van der Waals surface area contributed by atoms with E-state index in [1.54, 1.807) is 36.5 Å². The lowest BCUT2D eigenvalue weighted by Crippen LogP contribution is -2.58. The van der Waals surface area contributed by atoms with Gasteiger partial charge < -0.3 is 41.9 Å². The SMILES string of the molecule is NC(Cc1c[nH]c2ccccc12)C(=O)NC(CC(=O)O)C(=O)NC(Cc1cnc[nH]1)C(=O)NC(Cc1ccccc1)C(=O)O. The van der Waals surface area contributed by atoms with Crippen molar-refractivity contribution in [2.75, 3.05) is 0 Å². The second kappa shape index (κ2) is 14.6. The Morgan fingerprint density at radius 3 is 2.11 bits per heavy atom. The molecule has 14 nitrogen and oxygen atoms in total. The minimum absolute atomic E-state index is 0.0152. The number of aliphatic carboxylic acids is 2. The second-order valence-electron chi connectivity index (χ2n) is 10.3. The van der Waals surface area contributed by atoms with Crippen molar-refractivity contribution in [1.29, 1.82) is 0 Å². The quantitative estimate of drug-likeness (QED) is 0.0929. The Labute approximate surface area is 251 Å². The molecule has 2 heterocycles. The summed E-state index contributed by atoms with van der Waals surface area (Å²) in [6.07, 6.45) is 3.69. The van der Waals surface area contributed by atoms with Gasteiger partial charge in [-0.25, -0.2) is 9.78 Å². The number of hydrogen-bond donors (Lipinski definition) is 8. The predicted octanol–water partition coefficient (Wildman–Crippen LogP) is 0.260. The summed E-state index contributed by atoms with van der Waals surface area (Å²) in [6, 6.07) is 10.8. The van der Waals surface area contributed by atoms with Crippen molar-refractivity contribution in [2.24, 2.45) is 5.73 Å². The van der Waals surface area contributed by atoms with E-state index in [9.17, 15) is 34.2 Å². The molecule has 4 unspecified atom stereocenters. The van der Waals surface area contributed by atoms with Gasteiger partial charge in [-0.05, 0) is 23.6 Å². The van der Waals surface area contributed by atoms with Gasteiger partial charge in [0.2, 0.25) is 17.7 Å². The van der Waals surface area contributed by atoms with Crippen molar-refractivity contribution >= 4 is 40.6 Å². The minimum atomic E-state index is -1.58. The Morgan fingerprint density at radius 1 is 0.773 bits per heavy atom. The molecule has 0 saturated carbocycles. The van der Waals surface area contributed by atoms with Gasteiger partial charge in [-0.2, -0.15) is 0 Å². The van der Waals surface area contributed by atoms with Crippen LogP contribution in [0.25, 0.3) is 10.9 Å². The van der Waals surface area contributed by atoms with Crippen LogP contribution in [0.3, 0.4) is 0 Å². The van der Waals surface area contributed by atoms with E-state index in [4.69, 9.17) is 5.73 Å². The van der Waals surface area contributed by atoms with Crippen LogP contribution in [0.15, 0.2) is 73.3 Å². The van der Waals surface area contributed by atoms with Gasteiger partial charge >= 0.3 is 11.9 Å². The zero-order valence-corrected chi connectivity index (χ0v) is 23.5. The Hall–Kier alpha value is -5.50. The first kappa shape index (κ1) is 31.4. The number of amides is 3. The van der Waals surface area contributed by atoms with E-state index in [0.29, 0.717) is 11.3 Å². The summed E-state index contributed by atoms with van der Waals surface area (Å²) in [6.45, 7) is 0. The van der Waals surface area contributed by atoms with Crippen LogP contribution < -0.4 is 21.7 Å². The number of rotatable bonds is 15. The Morgan fingerprint density at radius 2 is 1.43 bits per heavy atom. The number of nitrogens with zero attached hydrogens (tertiary/aromatic N) is 1. The number of carboxylic acid groups (broad SMARTS) is 2. The van der Waals surface area contributed by atoms with Gasteiger partial charge in [-0.3, -0.25) is 19.2 Å². The normalized spacial score (nSPS) is 13.8. The van der Waals surface area contributed by atoms with Crippen LogP contribution in [-0.2, 0) is 43.2 Å². The number of carbonyl (C=O) groups excluding carboxylic acids is 3. The third-order valence-corrected chi connectivity index (χ3v) is 6.97. The fourth-order valence-electron chi connectivity index (χ4n) is 4.71. The lowest BCUT2D eigenvalue weighted by Gasteiger charge is -2.24. The molecule has 230 valence electrons. The number of nitrogens with one attached hydrogen (secondary N) is 5. The van der Waals surface area contributed by atoms with Gasteiger partial charge in [-0.15, -0.1) is 0 Å². The van der Waals surface area contributed by atoms with Crippen LogP contribution in [-0.4, -0.2) is 79.0 Å². The largest absolute Gasteiger partial charge is 0.481 e. The number of fused-ring (bicyclic) bond motifs is 1. The number of imidazole rings is 1. The average molecular weight is 604 g/mol. The smallest absolute Gasteiger partial charge is 0.326 e. The fourth-order valence-corrected chi connectivity index (χ4v) is 4.71. The summed E-state index contributed by atoms with van der Waals surface area (Å²) >= 11 is 0. The molecular formula is C30H33N7O7.